The Balaban J connectivity index is 1.92. The molecular formula is C16H15ClFN. The number of benzene rings is 2. The van der Waals surface area contributed by atoms with Gasteiger partial charge in [0.15, 0.2) is 0 Å². The lowest BCUT2D eigenvalue weighted by Gasteiger charge is -2.43. The lowest BCUT2D eigenvalue weighted by Crippen LogP contribution is -2.58. The molecule has 0 bridgehead atoms. The van der Waals surface area contributed by atoms with Crippen LogP contribution in [0, 0.1) is 5.82 Å². The lowest BCUT2D eigenvalue weighted by molar-refractivity contribution is 0.272. The van der Waals surface area contributed by atoms with Gasteiger partial charge >= 0.3 is 0 Å². The highest BCUT2D eigenvalue weighted by Crippen LogP contribution is 2.33. The molecule has 0 spiro atoms. The van der Waals surface area contributed by atoms with Gasteiger partial charge in [0.25, 0.3) is 0 Å². The summed E-state index contributed by atoms with van der Waals surface area (Å²) in [6, 6.07) is 14.9. The molecule has 0 amide bonds. The molecule has 1 heterocycles. The van der Waals surface area contributed by atoms with E-state index in [1.165, 1.54) is 11.6 Å². The fraction of sp³-hybridized carbons (Fsp3) is 0.250. The number of hydrogen-bond acceptors (Lipinski definition) is 1. The van der Waals surface area contributed by atoms with E-state index in [1.807, 2.05) is 36.4 Å². The maximum absolute atomic E-state index is 13.8. The van der Waals surface area contributed by atoms with Crippen molar-refractivity contribution in [1.82, 2.24) is 5.32 Å². The molecule has 0 aliphatic carbocycles. The molecule has 98 valence electrons. The van der Waals surface area contributed by atoms with Gasteiger partial charge in [-0.2, -0.15) is 0 Å². The maximum Gasteiger partial charge on any atom is 0.126 e. The lowest BCUT2D eigenvalue weighted by atomic mass is 9.71. The van der Waals surface area contributed by atoms with Gasteiger partial charge in [-0.3, -0.25) is 0 Å². The van der Waals surface area contributed by atoms with Crippen LogP contribution in [0.1, 0.15) is 11.1 Å². The minimum absolute atomic E-state index is 0.00716. The zero-order valence-corrected chi connectivity index (χ0v) is 11.3. The van der Waals surface area contributed by atoms with Crippen molar-refractivity contribution in [3.05, 3.63) is 70.5 Å². The first-order valence-electron chi connectivity index (χ1n) is 6.40. The summed E-state index contributed by atoms with van der Waals surface area (Å²) in [7, 11) is 0. The molecule has 1 aliphatic rings. The monoisotopic (exact) mass is 275 g/mol. The van der Waals surface area contributed by atoms with Crippen LogP contribution in [0.4, 0.5) is 4.39 Å². The second-order valence-electron chi connectivity index (χ2n) is 5.16. The topological polar surface area (TPSA) is 12.0 Å². The Kier molecular flexibility index (Phi) is 3.29. The standard InChI is InChI=1S/C16H15ClFN/c17-14-7-5-13(6-8-14)16(10-19-11-16)9-12-3-1-2-4-15(12)18/h1-8,19H,9-11H2. The summed E-state index contributed by atoms with van der Waals surface area (Å²) >= 11 is 5.93. The van der Waals surface area contributed by atoms with E-state index in [0.717, 1.165) is 23.7 Å². The molecule has 3 rings (SSSR count). The molecule has 1 saturated heterocycles. The summed E-state index contributed by atoms with van der Waals surface area (Å²) in [5, 5.41) is 4.03. The largest absolute Gasteiger partial charge is 0.315 e. The molecule has 2 aromatic rings. The van der Waals surface area contributed by atoms with Crippen molar-refractivity contribution in [3.8, 4) is 0 Å². The van der Waals surface area contributed by atoms with Gasteiger partial charge in [0.1, 0.15) is 5.82 Å². The quantitative estimate of drug-likeness (QED) is 0.903. The van der Waals surface area contributed by atoms with Gasteiger partial charge < -0.3 is 5.32 Å². The molecule has 3 heteroatoms. The first kappa shape index (κ1) is 12.6. The fourth-order valence-electron chi connectivity index (χ4n) is 2.67. The van der Waals surface area contributed by atoms with Crippen LogP contribution in [0.2, 0.25) is 5.02 Å². The van der Waals surface area contributed by atoms with Gasteiger partial charge in [-0.25, -0.2) is 4.39 Å². The average Bonchev–Trinajstić information content (AvgIpc) is 2.37. The van der Waals surface area contributed by atoms with Crippen molar-refractivity contribution in [3.63, 3.8) is 0 Å². The molecule has 1 N–H and O–H groups in total. The molecule has 19 heavy (non-hydrogen) atoms. The van der Waals surface area contributed by atoms with Gasteiger partial charge in [0.2, 0.25) is 0 Å². The second-order valence-corrected chi connectivity index (χ2v) is 5.60. The molecule has 1 nitrogen and oxygen atoms in total. The number of halogens is 2. The highest BCUT2D eigenvalue weighted by atomic mass is 35.5. The Morgan fingerprint density at radius 3 is 2.32 bits per heavy atom. The smallest absolute Gasteiger partial charge is 0.126 e. The number of hydrogen-bond donors (Lipinski definition) is 1. The summed E-state index contributed by atoms with van der Waals surface area (Å²) in [5.41, 5.74) is 1.99. The van der Waals surface area contributed by atoms with Crippen LogP contribution in [0.3, 0.4) is 0 Å². The maximum atomic E-state index is 13.8. The predicted molar refractivity (Wildman–Crippen MR) is 76.1 cm³/mol. The third kappa shape index (κ3) is 2.38. The molecule has 1 fully saturated rings. The Bertz CT molecular complexity index is 576. The number of rotatable bonds is 3. The van der Waals surface area contributed by atoms with Crippen LogP contribution < -0.4 is 5.32 Å². The first-order valence-corrected chi connectivity index (χ1v) is 6.78. The molecule has 0 unspecified atom stereocenters. The highest BCUT2D eigenvalue weighted by Gasteiger charge is 2.39. The predicted octanol–water partition coefficient (Wildman–Crippen LogP) is 3.56. The third-order valence-electron chi connectivity index (χ3n) is 3.87. The fourth-order valence-corrected chi connectivity index (χ4v) is 2.79. The van der Waals surface area contributed by atoms with Gasteiger partial charge in [-0.15, -0.1) is 0 Å². The van der Waals surface area contributed by atoms with E-state index >= 15 is 0 Å². The van der Waals surface area contributed by atoms with Crippen LogP contribution in [-0.4, -0.2) is 13.1 Å². The summed E-state index contributed by atoms with van der Waals surface area (Å²) < 4.78 is 13.8. The molecule has 0 atom stereocenters. The van der Waals surface area contributed by atoms with Gasteiger partial charge in [0, 0.05) is 23.5 Å². The minimum atomic E-state index is -0.122. The highest BCUT2D eigenvalue weighted by molar-refractivity contribution is 6.30. The van der Waals surface area contributed by atoms with Crippen molar-refractivity contribution in [2.75, 3.05) is 13.1 Å². The van der Waals surface area contributed by atoms with Crippen LogP contribution >= 0.6 is 11.6 Å². The minimum Gasteiger partial charge on any atom is -0.315 e. The molecular weight excluding hydrogens is 261 g/mol. The Morgan fingerprint density at radius 1 is 1.05 bits per heavy atom. The van der Waals surface area contributed by atoms with Crippen LogP contribution in [0.15, 0.2) is 48.5 Å². The Morgan fingerprint density at radius 2 is 1.74 bits per heavy atom. The molecule has 0 aromatic heterocycles. The molecule has 0 saturated carbocycles. The van der Waals surface area contributed by atoms with Crippen LogP contribution in [-0.2, 0) is 11.8 Å². The number of nitrogens with one attached hydrogen (secondary N) is 1. The molecule has 1 aliphatic heterocycles. The first-order chi connectivity index (χ1) is 9.20. The van der Waals surface area contributed by atoms with Crippen molar-refractivity contribution in [1.29, 1.82) is 0 Å². The van der Waals surface area contributed by atoms with E-state index in [0.29, 0.717) is 6.42 Å². The SMILES string of the molecule is Fc1ccccc1CC1(c2ccc(Cl)cc2)CNC1. The normalized spacial score (nSPS) is 16.9. The second kappa shape index (κ2) is 4.95. The van der Waals surface area contributed by atoms with E-state index in [2.05, 4.69) is 5.32 Å². The van der Waals surface area contributed by atoms with Crippen molar-refractivity contribution < 1.29 is 4.39 Å². The van der Waals surface area contributed by atoms with Crippen molar-refractivity contribution in [2.24, 2.45) is 0 Å². The van der Waals surface area contributed by atoms with Crippen LogP contribution in [0.5, 0.6) is 0 Å². The van der Waals surface area contributed by atoms with E-state index in [-0.39, 0.29) is 11.2 Å². The van der Waals surface area contributed by atoms with Gasteiger partial charge in [-0.05, 0) is 35.7 Å². The van der Waals surface area contributed by atoms with Crippen LogP contribution in [0.25, 0.3) is 0 Å². The van der Waals surface area contributed by atoms with E-state index < -0.39 is 0 Å². The van der Waals surface area contributed by atoms with E-state index in [4.69, 9.17) is 11.6 Å². The van der Waals surface area contributed by atoms with Crippen molar-refractivity contribution >= 4 is 11.6 Å². The van der Waals surface area contributed by atoms with Gasteiger partial charge in [0.05, 0.1) is 0 Å². The third-order valence-corrected chi connectivity index (χ3v) is 4.12. The zero-order valence-electron chi connectivity index (χ0n) is 10.5. The summed E-state index contributed by atoms with van der Waals surface area (Å²) in [5.74, 6) is -0.122. The van der Waals surface area contributed by atoms with Crippen molar-refractivity contribution in [2.45, 2.75) is 11.8 Å². The van der Waals surface area contributed by atoms with Gasteiger partial charge in [-0.1, -0.05) is 41.9 Å². The van der Waals surface area contributed by atoms with E-state index in [9.17, 15) is 4.39 Å². The summed E-state index contributed by atoms with van der Waals surface area (Å²) in [6.45, 7) is 1.76. The zero-order chi connectivity index (χ0) is 13.3. The summed E-state index contributed by atoms with van der Waals surface area (Å²) in [4.78, 5) is 0. The molecule has 2 aromatic carbocycles. The average molecular weight is 276 g/mol. The Labute approximate surface area is 117 Å². The molecule has 0 radical (unpaired) electrons. The summed E-state index contributed by atoms with van der Waals surface area (Å²) in [6.07, 6.45) is 0.717. The Hall–Kier alpha value is -1.38. The van der Waals surface area contributed by atoms with E-state index in [1.54, 1.807) is 6.07 Å².